The second-order valence-corrected chi connectivity index (χ2v) is 6.90. The molecule has 1 fully saturated rings. The Morgan fingerprint density at radius 2 is 1.83 bits per heavy atom. The maximum absolute atomic E-state index is 11.6. The van der Waals surface area contributed by atoms with Crippen LogP contribution in [-0.2, 0) is 16.1 Å². The van der Waals surface area contributed by atoms with Crippen LogP contribution < -0.4 is 5.73 Å². The van der Waals surface area contributed by atoms with Gasteiger partial charge >= 0.3 is 5.97 Å². The minimum Gasteiger partial charge on any atom is -0.468 e. The Morgan fingerprint density at radius 3 is 2.39 bits per heavy atom. The number of hydrogen-bond donors (Lipinski definition) is 1. The molecule has 1 aliphatic heterocycles. The van der Waals surface area contributed by atoms with Crippen LogP contribution in [0.15, 0.2) is 30.3 Å². The topological polar surface area (TPSA) is 58.8 Å². The number of benzene rings is 1. The van der Waals surface area contributed by atoms with E-state index in [1.807, 2.05) is 0 Å². The second kappa shape index (κ2) is 7.90. The van der Waals surface area contributed by atoms with Gasteiger partial charge in [0, 0.05) is 38.3 Å². The van der Waals surface area contributed by atoms with E-state index in [9.17, 15) is 4.79 Å². The largest absolute Gasteiger partial charge is 0.468 e. The van der Waals surface area contributed by atoms with E-state index >= 15 is 0 Å². The highest BCUT2D eigenvalue weighted by Crippen LogP contribution is 2.23. The average molecular weight is 319 g/mol. The summed E-state index contributed by atoms with van der Waals surface area (Å²) in [6, 6.07) is 10.0. The first kappa shape index (κ1) is 17.9. The monoisotopic (exact) mass is 319 g/mol. The smallest absolute Gasteiger partial charge is 0.322 e. The van der Waals surface area contributed by atoms with Crippen molar-refractivity contribution in [3.8, 4) is 0 Å². The van der Waals surface area contributed by atoms with Crippen molar-refractivity contribution in [2.45, 2.75) is 38.4 Å². The number of methoxy groups -OCH3 is 1. The SMILES string of the molecule is COC(=O)C(N)CC(C)(C)N1CCN(Cc2ccccc2)CC1. The van der Waals surface area contributed by atoms with E-state index in [1.54, 1.807) is 0 Å². The number of carbonyl (C=O) groups excluding carboxylic acids is 1. The van der Waals surface area contributed by atoms with Gasteiger partial charge in [0.2, 0.25) is 0 Å². The summed E-state index contributed by atoms with van der Waals surface area (Å²) < 4.78 is 4.74. The van der Waals surface area contributed by atoms with Gasteiger partial charge in [0.1, 0.15) is 6.04 Å². The highest BCUT2D eigenvalue weighted by molar-refractivity contribution is 5.75. The maximum Gasteiger partial charge on any atom is 0.322 e. The quantitative estimate of drug-likeness (QED) is 0.805. The summed E-state index contributed by atoms with van der Waals surface area (Å²) >= 11 is 0. The molecular weight excluding hydrogens is 290 g/mol. The van der Waals surface area contributed by atoms with Crippen molar-refractivity contribution in [3.05, 3.63) is 35.9 Å². The molecule has 1 aliphatic rings. The van der Waals surface area contributed by atoms with Crippen molar-refractivity contribution in [2.24, 2.45) is 5.73 Å². The summed E-state index contributed by atoms with van der Waals surface area (Å²) in [4.78, 5) is 16.5. The van der Waals surface area contributed by atoms with Crippen LogP contribution in [0.3, 0.4) is 0 Å². The first-order valence-corrected chi connectivity index (χ1v) is 8.27. The van der Waals surface area contributed by atoms with Crippen LogP contribution in [0, 0.1) is 0 Å². The molecule has 2 rings (SSSR count). The second-order valence-electron chi connectivity index (χ2n) is 6.90. The predicted molar refractivity (Wildman–Crippen MR) is 92.0 cm³/mol. The third-order valence-electron chi connectivity index (χ3n) is 4.70. The Bertz CT molecular complexity index is 496. The van der Waals surface area contributed by atoms with Gasteiger partial charge in [-0.05, 0) is 25.8 Å². The fraction of sp³-hybridized carbons (Fsp3) is 0.611. The lowest BCUT2D eigenvalue weighted by atomic mass is 9.92. The van der Waals surface area contributed by atoms with Crippen molar-refractivity contribution in [3.63, 3.8) is 0 Å². The van der Waals surface area contributed by atoms with Gasteiger partial charge in [-0.15, -0.1) is 0 Å². The third-order valence-corrected chi connectivity index (χ3v) is 4.70. The first-order chi connectivity index (χ1) is 10.9. The van der Waals surface area contributed by atoms with Crippen LogP contribution in [0.2, 0.25) is 0 Å². The van der Waals surface area contributed by atoms with Gasteiger partial charge < -0.3 is 10.5 Å². The van der Waals surface area contributed by atoms with Crippen molar-refractivity contribution >= 4 is 5.97 Å². The number of nitrogens with zero attached hydrogens (tertiary/aromatic N) is 2. The molecule has 0 radical (unpaired) electrons. The van der Waals surface area contributed by atoms with Crippen molar-refractivity contribution < 1.29 is 9.53 Å². The number of nitrogens with two attached hydrogens (primary N) is 1. The summed E-state index contributed by atoms with van der Waals surface area (Å²) in [5, 5.41) is 0. The van der Waals surface area contributed by atoms with E-state index in [-0.39, 0.29) is 11.5 Å². The zero-order valence-corrected chi connectivity index (χ0v) is 14.5. The highest BCUT2D eigenvalue weighted by Gasteiger charge is 2.33. The Morgan fingerprint density at radius 1 is 1.22 bits per heavy atom. The van der Waals surface area contributed by atoms with Crippen molar-refractivity contribution in [1.29, 1.82) is 0 Å². The number of carbonyl (C=O) groups is 1. The standard InChI is InChI=1S/C18H29N3O2/c1-18(2,13-16(19)17(22)23-3)21-11-9-20(10-12-21)14-15-7-5-4-6-8-15/h4-8,16H,9-14,19H2,1-3H3. The Kier molecular flexibility index (Phi) is 6.16. The molecule has 1 aromatic rings. The lowest BCUT2D eigenvalue weighted by Gasteiger charge is -2.44. The molecule has 128 valence electrons. The van der Waals surface area contributed by atoms with E-state index in [1.165, 1.54) is 12.7 Å². The highest BCUT2D eigenvalue weighted by atomic mass is 16.5. The number of ether oxygens (including phenoxy) is 1. The van der Waals surface area contributed by atoms with Gasteiger partial charge in [0.25, 0.3) is 0 Å². The molecule has 1 heterocycles. The molecule has 1 atom stereocenters. The molecule has 1 aromatic carbocycles. The molecule has 0 bridgehead atoms. The molecule has 5 heteroatoms. The van der Waals surface area contributed by atoms with Crippen molar-refractivity contribution in [1.82, 2.24) is 9.80 Å². The molecule has 0 spiro atoms. The van der Waals surface area contributed by atoms with Gasteiger partial charge in [-0.25, -0.2) is 0 Å². The molecule has 1 unspecified atom stereocenters. The molecule has 23 heavy (non-hydrogen) atoms. The normalized spacial score (nSPS) is 18.6. The summed E-state index contributed by atoms with van der Waals surface area (Å²) in [5.41, 5.74) is 7.19. The molecule has 5 nitrogen and oxygen atoms in total. The summed E-state index contributed by atoms with van der Waals surface area (Å²) in [5.74, 6) is -0.333. The molecule has 0 saturated carbocycles. The fourth-order valence-electron chi connectivity index (χ4n) is 3.25. The van der Waals surface area contributed by atoms with Gasteiger partial charge in [0.05, 0.1) is 7.11 Å². The Hall–Kier alpha value is -1.43. The molecule has 0 aromatic heterocycles. The number of hydrogen-bond acceptors (Lipinski definition) is 5. The predicted octanol–water partition coefficient (Wildman–Crippen LogP) is 1.47. The lowest BCUT2D eigenvalue weighted by molar-refractivity contribution is -0.143. The molecule has 1 saturated heterocycles. The minimum absolute atomic E-state index is 0.105. The van der Waals surface area contributed by atoms with E-state index in [0.29, 0.717) is 6.42 Å². The van der Waals surface area contributed by atoms with Crippen LogP contribution in [-0.4, -0.2) is 60.6 Å². The van der Waals surface area contributed by atoms with Crippen LogP contribution in [0.25, 0.3) is 0 Å². The van der Waals surface area contributed by atoms with Gasteiger partial charge in [-0.1, -0.05) is 30.3 Å². The third kappa shape index (κ3) is 5.03. The number of piperazine rings is 1. The molecular formula is C18H29N3O2. The first-order valence-electron chi connectivity index (χ1n) is 8.27. The van der Waals surface area contributed by atoms with Crippen LogP contribution >= 0.6 is 0 Å². The molecule has 0 amide bonds. The van der Waals surface area contributed by atoms with Crippen molar-refractivity contribution in [2.75, 3.05) is 33.3 Å². The van der Waals surface area contributed by atoms with Crippen LogP contribution in [0.4, 0.5) is 0 Å². The van der Waals surface area contributed by atoms with Gasteiger partial charge in [-0.2, -0.15) is 0 Å². The Labute approximate surface area is 139 Å². The number of esters is 1. The summed E-state index contributed by atoms with van der Waals surface area (Å²) in [6.07, 6.45) is 0.609. The van der Waals surface area contributed by atoms with E-state index in [4.69, 9.17) is 10.5 Å². The number of rotatable bonds is 6. The van der Waals surface area contributed by atoms with E-state index < -0.39 is 6.04 Å². The summed E-state index contributed by atoms with van der Waals surface area (Å²) in [6.45, 7) is 9.36. The zero-order chi connectivity index (χ0) is 16.9. The maximum atomic E-state index is 11.6. The average Bonchev–Trinajstić information content (AvgIpc) is 2.55. The van der Waals surface area contributed by atoms with Crippen LogP contribution in [0.5, 0.6) is 0 Å². The van der Waals surface area contributed by atoms with E-state index in [2.05, 4.69) is 54.0 Å². The Balaban J connectivity index is 1.84. The lowest BCUT2D eigenvalue weighted by Crippen LogP contribution is -2.56. The minimum atomic E-state index is -0.558. The van der Waals surface area contributed by atoms with E-state index in [0.717, 1.165) is 32.7 Å². The zero-order valence-electron chi connectivity index (χ0n) is 14.5. The van der Waals surface area contributed by atoms with Gasteiger partial charge in [-0.3, -0.25) is 14.6 Å². The molecule has 2 N–H and O–H groups in total. The van der Waals surface area contributed by atoms with Crippen LogP contribution in [0.1, 0.15) is 25.8 Å². The fourth-order valence-corrected chi connectivity index (χ4v) is 3.25. The molecule has 0 aliphatic carbocycles. The summed E-state index contributed by atoms with van der Waals surface area (Å²) in [7, 11) is 1.39. The van der Waals surface area contributed by atoms with Gasteiger partial charge in [0.15, 0.2) is 0 Å².